The lowest BCUT2D eigenvalue weighted by molar-refractivity contribution is 0.0982. The number of carbonyl (C=O) groups excluding carboxylic acids is 1. The second-order valence-electron chi connectivity index (χ2n) is 7.82. The Morgan fingerprint density at radius 2 is 1.60 bits per heavy atom. The molecule has 0 saturated carbocycles. The molecule has 5 aromatic rings. The first kappa shape index (κ1) is 22.6. The molecule has 0 bridgehead atoms. The fourth-order valence-electron chi connectivity index (χ4n) is 3.96. The highest BCUT2D eigenvalue weighted by Gasteiger charge is 2.25. The van der Waals surface area contributed by atoms with Crippen LogP contribution in [0.2, 0.25) is 0 Å². The molecular formula is C27H23N3O4S. The van der Waals surface area contributed by atoms with Gasteiger partial charge in [0, 0.05) is 24.5 Å². The van der Waals surface area contributed by atoms with Gasteiger partial charge in [0.15, 0.2) is 16.6 Å². The van der Waals surface area contributed by atoms with Gasteiger partial charge in [-0.25, -0.2) is 4.98 Å². The Kier molecular flexibility index (Phi) is 6.20. The molecule has 3 aromatic carbocycles. The lowest BCUT2D eigenvalue weighted by Crippen LogP contribution is -2.30. The van der Waals surface area contributed by atoms with Crippen molar-refractivity contribution >= 4 is 43.4 Å². The molecular weight excluding hydrogens is 462 g/mol. The average molecular weight is 486 g/mol. The van der Waals surface area contributed by atoms with Gasteiger partial charge in [0.25, 0.3) is 5.91 Å². The standard InChI is InChI=1S/C27H23N3O4S/c1-32-22-12-19-9-5-4-8-18(19)11-20(22)26(31)30(16-17-7-6-10-28-15-17)27-29-21-13-23(33-2)24(34-3)14-25(21)35-27/h4-15H,16H2,1-3H3. The predicted molar refractivity (Wildman–Crippen MR) is 138 cm³/mol. The highest BCUT2D eigenvalue weighted by atomic mass is 32.1. The molecule has 0 aliphatic carbocycles. The lowest BCUT2D eigenvalue weighted by atomic mass is 10.0. The van der Waals surface area contributed by atoms with Gasteiger partial charge < -0.3 is 14.2 Å². The maximum absolute atomic E-state index is 14.0. The Bertz CT molecular complexity index is 1480. The monoisotopic (exact) mass is 485 g/mol. The normalized spacial score (nSPS) is 10.9. The predicted octanol–water partition coefficient (Wildman–Crippen LogP) is 5.72. The van der Waals surface area contributed by atoms with E-state index in [1.54, 1.807) is 38.6 Å². The van der Waals surface area contributed by atoms with Crippen LogP contribution in [-0.4, -0.2) is 37.2 Å². The molecule has 0 fully saturated rings. The van der Waals surface area contributed by atoms with Crippen molar-refractivity contribution in [3.63, 3.8) is 0 Å². The van der Waals surface area contributed by atoms with E-state index in [4.69, 9.17) is 19.2 Å². The average Bonchev–Trinajstić information content (AvgIpc) is 3.32. The van der Waals surface area contributed by atoms with Crippen molar-refractivity contribution in [2.24, 2.45) is 0 Å². The molecule has 0 saturated heterocycles. The quantitative estimate of drug-likeness (QED) is 0.294. The van der Waals surface area contributed by atoms with Crippen molar-refractivity contribution in [3.8, 4) is 17.2 Å². The number of fused-ring (bicyclic) bond motifs is 2. The number of aromatic nitrogens is 2. The minimum Gasteiger partial charge on any atom is -0.496 e. The van der Waals surface area contributed by atoms with E-state index >= 15 is 0 Å². The Morgan fingerprint density at radius 1 is 0.886 bits per heavy atom. The lowest BCUT2D eigenvalue weighted by Gasteiger charge is -2.21. The van der Waals surface area contributed by atoms with Crippen LogP contribution in [0.1, 0.15) is 15.9 Å². The maximum Gasteiger partial charge on any atom is 0.264 e. The van der Waals surface area contributed by atoms with Crippen LogP contribution in [0.4, 0.5) is 5.13 Å². The van der Waals surface area contributed by atoms with E-state index in [1.165, 1.54) is 11.3 Å². The second kappa shape index (κ2) is 9.60. The van der Waals surface area contributed by atoms with Crippen LogP contribution in [0, 0.1) is 0 Å². The number of nitrogens with zero attached hydrogens (tertiary/aromatic N) is 3. The molecule has 0 N–H and O–H groups in total. The van der Waals surface area contributed by atoms with Gasteiger partial charge in [-0.15, -0.1) is 0 Å². The number of pyridine rings is 1. The minimum atomic E-state index is -0.213. The SMILES string of the molecule is COc1cc2nc(N(Cc3cccnc3)C(=O)c3cc4ccccc4cc3OC)sc2cc1OC. The maximum atomic E-state index is 14.0. The van der Waals surface area contributed by atoms with Crippen LogP contribution in [-0.2, 0) is 6.54 Å². The number of amides is 1. The van der Waals surface area contributed by atoms with Crippen LogP contribution in [0.15, 0.2) is 73.1 Å². The first-order valence-electron chi connectivity index (χ1n) is 10.9. The van der Waals surface area contributed by atoms with Crippen molar-refractivity contribution in [1.82, 2.24) is 9.97 Å². The van der Waals surface area contributed by atoms with Crippen LogP contribution < -0.4 is 19.1 Å². The topological polar surface area (TPSA) is 73.8 Å². The summed E-state index contributed by atoms with van der Waals surface area (Å²) < 4.78 is 17.4. The van der Waals surface area contributed by atoms with Crippen molar-refractivity contribution in [2.45, 2.75) is 6.54 Å². The zero-order valence-electron chi connectivity index (χ0n) is 19.5. The molecule has 0 radical (unpaired) electrons. The summed E-state index contributed by atoms with van der Waals surface area (Å²) in [5.41, 5.74) is 2.07. The van der Waals surface area contributed by atoms with E-state index in [1.807, 2.05) is 60.7 Å². The first-order chi connectivity index (χ1) is 17.1. The number of hydrogen-bond donors (Lipinski definition) is 0. The minimum absolute atomic E-state index is 0.213. The van der Waals surface area contributed by atoms with Crippen molar-refractivity contribution < 1.29 is 19.0 Å². The fourth-order valence-corrected chi connectivity index (χ4v) is 4.93. The van der Waals surface area contributed by atoms with Gasteiger partial charge in [0.05, 0.1) is 43.7 Å². The van der Waals surface area contributed by atoms with Gasteiger partial charge in [-0.3, -0.25) is 14.7 Å². The molecule has 176 valence electrons. The van der Waals surface area contributed by atoms with E-state index in [2.05, 4.69) is 4.98 Å². The summed E-state index contributed by atoms with van der Waals surface area (Å²) in [6, 6.07) is 19.1. The van der Waals surface area contributed by atoms with Crippen molar-refractivity contribution in [3.05, 3.63) is 84.2 Å². The van der Waals surface area contributed by atoms with Gasteiger partial charge in [0.1, 0.15) is 5.75 Å². The largest absolute Gasteiger partial charge is 0.496 e. The van der Waals surface area contributed by atoms with E-state index in [-0.39, 0.29) is 5.91 Å². The molecule has 7 nitrogen and oxygen atoms in total. The second-order valence-corrected chi connectivity index (χ2v) is 8.83. The molecule has 35 heavy (non-hydrogen) atoms. The highest BCUT2D eigenvalue weighted by Crippen LogP contribution is 2.38. The zero-order valence-corrected chi connectivity index (χ0v) is 20.3. The highest BCUT2D eigenvalue weighted by molar-refractivity contribution is 7.22. The molecule has 8 heteroatoms. The number of methoxy groups -OCH3 is 3. The van der Waals surface area contributed by atoms with Gasteiger partial charge in [-0.05, 0) is 34.5 Å². The third-order valence-corrected chi connectivity index (χ3v) is 6.76. The molecule has 1 amide bonds. The van der Waals surface area contributed by atoms with E-state index in [9.17, 15) is 4.79 Å². The Hall–Kier alpha value is -4.17. The number of anilines is 1. The summed E-state index contributed by atoms with van der Waals surface area (Å²) in [7, 11) is 4.75. The number of hydrogen-bond acceptors (Lipinski definition) is 7. The molecule has 5 rings (SSSR count). The molecule has 0 unspecified atom stereocenters. The first-order valence-corrected chi connectivity index (χ1v) is 11.7. The Balaban J connectivity index is 1.64. The summed E-state index contributed by atoms with van der Waals surface area (Å²) in [5, 5.41) is 2.51. The summed E-state index contributed by atoms with van der Waals surface area (Å²) in [5.74, 6) is 1.48. The molecule has 0 spiro atoms. The third-order valence-electron chi connectivity index (χ3n) is 5.72. The Morgan fingerprint density at radius 3 is 2.29 bits per heavy atom. The number of benzene rings is 3. The molecule has 2 aromatic heterocycles. The zero-order chi connectivity index (χ0) is 24.4. The van der Waals surface area contributed by atoms with E-state index in [0.717, 1.165) is 26.6 Å². The molecule has 2 heterocycles. The van der Waals surface area contributed by atoms with E-state index < -0.39 is 0 Å². The number of rotatable bonds is 7. The number of thiazole rings is 1. The van der Waals surface area contributed by atoms with Crippen LogP contribution in [0.25, 0.3) is 21.0 Å². The molecule has 0 aliphatic heterocycles. The third kappa shape index (κ3) is 4.36. The smallest absolute Gasteiger partial charge is 0.264 e. The van der Waals surface area contributed by atoms with E-state index in [0.29, 0.717) is 34.5 Å². The van der Waals surface area contributed by atoms with Gasteiger partial charge in [-0.1, -0.05) is 41.7 Å². The summed E-state index contributed by atoms with van der Waals surface area (Å²) in [6.45, 7) is 0.302. The molecule has 0 aliphatic rings. The van der Waals surface area contributed by atoms with Crippen LogP contribution >= 0.6 is 11.3 Å². The van der Waals surface area contributed by atoms with Gasteiger partial charge >= 0.3 is 0 Å². The van der Waals surface area contributed by atoms with Crippen LogP contribution in [0.5, 0.6) is 17.2 Å². The van der Waals surface area contributed by atoms with Crippen molar-refractivity contribution in [1.29, 1.82) is 0 Å². The van der Waals surface area contributed by atoms with Gasteiger partial charge in [0.2, 0.25) is 0 Å². The number of carbonyl (C=O) groups is 1. The fraction of sp³-hybridized carbons (Fsp3) is 0.148. The summed E-state index contributed by atoms with van der Waals surface area (Å²) in [6.07, 6.45) is 3.45. The van der Waals surface area contributed by atoms with Crippen molar-refractivity contribution in [2.75, 3.05) is 26.2 Å². The Labute approximate surface area is 206 Å². The molecule has 0 atom stereocenters. The summed E-state index contributed by atoms with van der Waals surface area (Å²) in [4.78, 5) is 24.7. The number of ether oxygens (including phenoxy) is 3. The van der Waals surface area contributed by atoms with Gasteiger partial charge in [-0.2, -0.15) is 0 Å². The van der Waals surface area contributed by atoms with Crippen LogP contribution in [0.3, 0.4) is 0 Å². The summed E-state index contributed by atoms with van der Waals surface area (Å²) >= 11 is 1.41.